The molecule has 1 amide bonds. The zero-order chi connectivity index (χ0) is 20.4. The maximum atomic E-state index is 12.3. The summed E-state index contributed by atoms with van der Waals surface area (Å²) in [6.45, 7) is 9.28. The second-order valence-electron chi connectivity index (χ2n) is 7.85. The minimum atomic E-state index is -0.400. The van der Waals surface area contributed by atoms with Crippen molar-refractivity contribution in [1.82, 2.24) is 24.5 Å². The molecule has 9 nitrogen and oxygen atoms in total. The highest BCUT2D eigenvalue weighted by Gasteiger charge is 2.26. The Morgan fingerprint density at radius 3 is 2.54 bits per heavy atom. The van der Waals surface area contributed by atoms with Gasteiger partial charge in [-0.1, -0.05) is 13.8 Å². The third kappa shape index (κ3) is 4.40. The number of hydrogen-bond acceptors (Lipinski definition) is 7. The van der Waals surface area contributed by atoms with Crippen LogP contribution in [-0.2, 0) is 20.7 Å². The molecule has 3 heterocycles. The fourth-order valence-corrected chi connectivity index (χ4v) is 3.98. The minimum Gasteiger partial charge on any atom is -0.456 e. The zero-order valence-electron chi connectivity index (χ0n) is 16.9. The molecule has 1 saturated heterocycles. The second kappa shape index (κ2) is 8.12. The van der Waals surface area contributed by atoms with Crippen molar-refractivity contribution in [3.63, 3.8) is 0 Å². The molecule has 3 rings (SSSR count). The summed E-state index contributed by atoms with van der Waals surface area (Å²) in [6.07, 6.45) is 1.74. The topological polar surface area (TPSA) is 116 Å². The molecular weight excluding hydrogens is 360 g/mol. The van der Waals surface area contributed by atoms with Crippen LogP contribution in [0.2, 0.25) is 0 Å². The van der Waals surface area contributed by atoms with Crippen molar-refractivity contribution < 1.29 is 14.3 Å². The van der Waals surface area contributed by atoms with Crippen LogP contribution in [0.4, 0.5) is 5.95 Å². The average Bonchev–Trinajstić information content (AvgIpc) is 2.99. The van der Waals surface area contributed by atoms with E-state index >= 15 is 0 Å². The molecule has 28 heavy (non-hydrogen) atoms. The maximum Gasteiger partial charge on any atom is 0.306 e. The fraction of sp³-hybridized carbons (Fsp3) is 0.632. The number of likely N-dealkylation sites (tertiary alicyclic amines) is 1. The number of carbonyl (C=O) groups is 2. The smallest absolute Gasteiger partial charge is 0.306 e. The molecule has 0 bridgehead atoms. The Balaban J connectivity index is 1.54. The normalized spacial score (nSPS) is 19.8. The van der Waals surface area contributed by atoms with Crippen molar-refractivity contribution in [2.24, 2.45) is 11.8 Å². The number of rotatable bonds is 5. The molecule has 1 fully saturated rings. The van der Waals surface area contributed by atoms with Gasteiger partial charge in [0.25, 0.3) is 11.7 Å². The van der Waals surface area contributed by atoms with E-state index in [1.54, 1.807) is 9.42 Å². The number of nitrogens with two attached hydrogens (primary N) is 1. The van der Waals surface area contributed by atoms with E-state index in [1.807, 2.05) is 13.8 Å². The molecule has 1 aliphatic heterocycles. The van der Waals surface area contributed by atoms with Gasteiger partial charge in [-0.25, -0.2) is 4.98 Å². The Bertz CT molecular complexity index is 883. The van der Waals surface area contributed by atoms with Crippen LogP contribution in [0.1, 0.15) is 43.6 Å². The minimum absolute atomic E-state index is 0.125. The number of hydrogen-bond donors (Lipinski definition) is 1. The van der Waals surface area contributed by atoms with Gasteiger partial charge >= 0.3 is 5.97 Å². The van der Waals surface area contributed by atoms with Gasteiger partial charge in [-0.15, -0.1) is 5.10 Å². The van der Waals surface area contributed by atoms with E-state index in [4.69, 9.17) is 10.5 Å². The number of aromatic nitrogens is 4. The maximum absolute atomic E-state index is 12.3. The number of nitrogens with zero attached hydrogens (tertiary/aromatic N) is 5. The van der Waals surface area contributed by atoms with Crippen LogP contribution in [0.5, 0.6) is 0 Å². The van der Waals surface area contributed by atoms with E-state index in [1.165, 1.54) is 0 Å². The summed E-state index contributed by atoms with van der Waals surface area (Å²) in [5.74, 6) is 1.02. The standard InChI is InChI=1S/C19H28N6O3/c1-11-7-12(2)9-24(8-11)16(26)10-28-17(27)6-5-15-13(3)21-19-22-18(20)23-25(19)14(15)4/h11-12H,5-10H2,1-4H3,(H2,20,23)/t11-,12-/m1/s1. The van der Waals surface area contributed by atoms with Crippen molar-refractivity contribution in [2.75, 3.05) is 25.4 Å². The molecule has 0 aliphatic carbocycles. The van der Waals surface area contributed by atoms with E-state index in [0.717, 1.165) is 36.5 Å². The number of nitrogen functional groups attached to an aromatic ring is 1. The van der Waals surface area contributed by atoms with Gasteiger partial charge in [0.15, 0.2) is 6.61 Å². The first-order valence-electron chi connectivity index (χ1n) is 9.66. The Morgan fingerprint density at radius 2 is 1.86 bits per heavy atom. The molecule has 0 radical (unpaired) electrons. The number of amides is 1. The van der Waals surface area contributed by atoms with E-state index in [-0.39, 0.29) is 24.9 Å². The quantitative estimate of drug-likeness (QED) is 0.768. The monoisotopic (exact) mass is 388 g/mol. The summed E-state index contributed by atoms with van der Waals surface area (Å²) in [5.41, 5.74) is 8.15. The van der Waals surface area contributed by atoms with E-state index in [0.29, 0.717) is 24.0 Å². The molecule has 152 valence electrons. The summed E-state index contributed by atoms with van der Waals surface area (Å²) in [6, 6.07) is 0. The van der Waals surface area contributed by atoms with Crippen LogP contribution in [0, 0.1) is 25.7 Å². The lowest BCUT2D eigenvalue weighted by Gasteiger charge is -2.34. The van der Waals surface area contributed by atoms with Crippen molar-refractivity contribution in [3.05, 3.63) is 17.0 Å². The third-order valence-corrected chi connectivity index (χ3v) is 5.22. The molecule has 2 aromatic heterocycles. The van der Waals surface area contributed by atoms with E-state index in [2.05, 4.69) is 28.9 Å². The molecular formula is C19H28N6O3. The van der Waals surface area contributed by atoms with Crippen LogP contribution in [0.3, 0.4) is 0 Å². The van der Waals surface area contributed by atoms with Gasteiger partial charge in [-0.2, -0.15) is 9.50 Å². The SMILES string of the molecule is Cc1nc2nc(N)nn2c(C)c1CCC(=O)OCC(=O)N1C[C@H](C)C[C@@H](C)C1. The second-order valence-corrected chi connectivity index (χ2v) is 7.85. The lowest BCUT2D eigenvalue weighted by Crippen LogP contribution is -2.44. The Kier molecular flexibility index (Phi) is 5.81. The number of carbonyl (C=O) groups excluding carboxylic acids is 2. The Hall–Kier alpha value is -2.71. The summed E-state index contributed by atoms with van der Waals surface area (Å²) in [5, 5.41) is 4.12. The van der Waals surface area contributed by atoms with E-state index in [9.17, 15) is 9.59 Å². The van der Waals surface area contributed by atoms with Crippen LogP contribution in [-0.4, -0.2) is 56.1 Å². The highest BCUT2D eigenvalue weighted by atomic mass is 16.5. The van der Waals surface area contributed by atoms with Crippen LogP contribution < -0.4 is 5.73 Å². The van der Waals surface area contributed by atoms with E-state index < -0.39 is 5.97 Å². The molecule has 0 saturated carbocycles. The van der Waals surface area contributed by atoms with Crippen LogP contribution in [0.25, 0.3) is 5.78 Å². The number of fused-ring (bicyclic) bond motifs is 1. The predicted molar refractivity (Wildman–Crippen MR) is 103 cm³/mol. The van der Waals surface area contributed by atoms with Crippen molar-refractivity contribution >= 4 is 23.6 Å². The molecule has 1 aliphatic rings. The molecule has 0 spiro atoms. The van der Waals surface area contributed by atoms with Gasteiger partial charge in [0.05, 0.1) is 0 Å². The van der Waals surface area contributed by atoms with Crippen LogP contribution in [0.15, 0.2) is 0 Å². The van der Waals surface area contributed by atoms with Gasteiger partial charge < -0.3 is 15.4 Å². The highest BCUT2D eigenvalue weighted by Crippen LogP contribution is 2.21. The average molecular weight is 388 g/mol. The fourth-order valence-electron chi connectivity index (χ4n) is 3.98. The van der Waals surface area contributed by atoms with Crippen LogP contribution >= 0.6 is 0 Å². The largest absolute Gasteiger partial charge is 0.456 e. The first-order chi connectivity index (χ1) is 13.2. The molecule has 2 N–H and O–H groups in total. The highest BCUT2D eigenvalue weighted by molar-refractivity contribution is 5.80. The summed E-state index contributed by atoms with van der Waals surface area (Å²) in [7, 11) is 0. The Morgan fingerprint density at radius 1 is 1.18 bits per heavy atom. The summed E-state index contributed by atoms with van der Waals surface area (Å²) < 4.78 is 6.79. The predicted octanol–water partition coefficient (Wildman–Crippen LogP) is 1.30. The number of aryl methyl sites for hydroxylation is 2. The van der Waals surface area contributed by atoms with Crippen molar-refractivity contribution in [1.29, 1.82) is 0 Å². The number of piperidine rings is 1. The van der Waals surface area contributed by atoms with Gasteiger partial charge in [0.2, 0.25) is 5.95 Å². The number of anilines is 1. The molecule has 2 atom stereocenters. The molecule has 9 heteroatoms. The molecule has 0 aromatic carbocycles. The van der Waals surface area contributed by atoms with Crippen molar-refractivity contribution in [3.8, 4) is 0 Å². The summed E-state index contributed by atoms with van der Waals surface area (Å²) >= 11 is 0. The zero-order valence-corrected chi connectivity index (χ0v) is 16.9. The lowest BCUT2D eigenvalue weighted by atomic mass is 9.92. The van der Waals surface area contributed by atoms with Crippen molar-refractivity contribution in [2.45, 2.75) is 47.0 Å². The number of esters is 1. The molecule has 2 aromatic rings. The molecule has 0 unspecified atom stereocenters. The Labute approximate surface area is 164 Å². The summed E-state index contributed by atoms with van der Waals surface area (Å²) in [4.78, 5) is 34.7. The third-order valence-electron chi connectivity index (χ3n) is 5.22. The van der Waals surface area contributed by atoms with Gasteiger partial charge in [-0.05, 0) is 44.1 Å². The van der Waals surface area contributed by atoms with Gasteiger partial charge in [-0.3, -0.25) is 9.59 Å². The van der Waals surface area contributed by atoms with Gasteiger partial charge in [0, 0.05) is 30.9 Å². The van der Waals surface area contributed by atoms with Gasteiger partial charge in [0.1, 0.15) is 0 Å². The first kappa shape index (κ1) is 20.0. The lowest BCUT2D eigenvalue weighted by molar-refractivity contribution is -0.153. The first-order valence-corrected chi connectivity index (χ1v) is 9.66. The number of ether oxygens (including phenoxy) is 1.